The van der Waals surface area contributed by atoms with Crippen molar-refractivity contribution in [2.24, 2.45) is 5.14 Å². The highest BCUT2D eigenvalue weighted by molar-refractivity contribution is 7.88. The summed E-state index contributed by atoms with van der Waals surface area (Å²) in [6.45, 7) is 0. The van der Waals surface area contributed by atoms with Gasteiger partial charge < -0.3 is 5.32 Å². The Kier molecular flexibility index (Phi) is 5.97. The summed E-state index contributed by atoms with van der Waals surface area (Å²) in [5, 5.41) is 8.12. The number of carbonyl (C=O) groups excluding carboxylic acids is 1. The van der Waals surface area contributed by atoms with E-state index in [0.717, 1.165) is 25.7 Å². The molecule has 0 radical (unpaired) electrons. The summed E-state index contributed by atoms with van der Waals surface area (Å²) in [5.74, 6) is -0.390. The van der Waals surface area contributed by atoms with Crippen molar-refractivity contribution in [1.82, 2.24) is 5.32 Å². The van der Waals surface area contributed by atoms with Gasteiger partial charge >= 0.3 is 0 Å². The van der Waals surface area contributed by atoms with Gasteiger partial charge in [0.05, 0.1) is 5.75 Å². The molecule has 0 aliphatic heterocycles. The zero-order valence-electron chi connectivity index (χ0n) is 12.8. The van der Waals surface area contributed by atoms with Crippen LogP contribution in [0.25, 0.3) is 0 Å². The molecule has 1 fully saturated rings. The predicted octanol–water partition coefficient (Wildman–Crippen LogP) is 2.32. The van der Waals surface area contributed by atoms with Gasteiger partial charge in [-0.2, -0.15) is 0 Å². The SMILES string of the molecule is NS(=O)(=O)Cc1cccc(C(=O)NC2CCCCCCC2)c1. The Bertz CT molecular complexity index is 606. The number of amides is 1. The molecule has 1 aromatic carbocycles. The predicted molar refractivity (Wildman–Crippen MR) is 86.8 cm³/mol. The van der Waals surface area contributed by atoms with Crippen LogP contribution in [0, 0.1) is 0 Å². The van der Waals surface area contributed by atoms with Gasteiger partial charge in [0.25, 0.3) is 5.91 Å². The van der Waals surface area contributed by atoms with E-state index < -0.39 is 10.0 Å². The van der Waals surface area contributed by atoms with E-state index in [4.69, 9.17) is 5.14 Å². The number of sulfonamides is 1. The minimum Gasteiger partial charge on any atom is -0.349 e. The molecule has 1 aliphatic rings. The van der Waals surface area contributed by atoms with Crippen molar-refractivity contribution < 1.29 is 13.2 Å². The van der Waals surface area contributed by atoms with E-state index in [2.05, 4.69) is 5.32 Å². The smallest absolute Gasteiger partial charge is 0.251 e. The second-order valence-electron chi connectivity index (χ2n) is 6.02. The van der Waals surface area contributed by atoms with Crippen LogP contribution in [-0.4, -0.2) is 20.4 Å². The maximum absolute atomic E-state index is 12.3. The molecule has 0 atom stereocenters. The molecule has 0 saturated heterocycles. The van der Waals surface area contributed by atoms with Crippen molar-refractivity contribution in [2.45, 2.75) is 56.7 Å². The van der Waals surface area contributed by atoms with Gasteiger partial charge in [-0.1, -0.05) is 44.2 Å². The number of nitrogens with one attached hydrogen (secondary N) is 1. The quantitative estimate of drug-likeness (QED) is 0.890. The average molecular weight is 324 g/mol. The molecule has 1 saturated carbocycles. The van der Waals surface area contributed by atoms with Crippen LogP contribution in [0.15, 0.2) is 24.3 Å². The Balaban J connectivity index is 2.00. The fraction of sp³-hybridized carbons (Fsp3) is 0.562. The molecule has 0 heterocycles. The van der Waals surface area contributed by atoms with Crippen LogP contribution in [0.1, 0.15) is 60.9 Å². The van der Waals surface area contributed by atoms with E-state index in [1.807, 2.05) is 0 Å². The maximum Gasteiger partial charge on any atom is 0.251 e. The largest absolute Gasteiger partial charge is 0.349 e. The Morgan fingerprint density at radius 1 is 1.14 bits per heavy atom. The summed E-state index contributed by atoms with van der Waals surface area (Å²) in [4.78, 5) is 12.3. The molecule has 0 bridgehead atoms. The Hall–Kier alpha value is -1.40. The Morgan fingerprint density at radius 3 is 2.41 bits per heavy atom. The average Bonchev–Trinajstić information content (AvgIpc) is 2.40. The molecular weight excluding hydrogens is 300 g/mol. The molecule has 0 spiro atoms. The van der Waals surface area contributed by atoms with Crippen LogP contribution < -0.4 is 10.5 Å². The minimum absolute atomic E-state index is 0.137. The number of nitrogens with two attached hydrogens (primary N) is 1. The van der Waals surface area contributed by atoms with Crippen LogP contribution in [0.4, 0.5) is 0 Å². The van der Waals surface area contributed by atoms with Gasteiger partial charge in [0, 0.05) is 11.6 Å². The lowest BCUT2D eigenvalue weighted by atomic mass is 9.96. The first-order chi connectivity index (χ1) is 10.4. The number of primary sulfonamides is 1. The zero-order chi connectivity index (χ0) is 16.0. The number of rotatable bonds is 4. The fourth-order valence-corrected chi connectivity index (χ4v) is 3.55. The fourth-order valence-electron chi connectivity index (χ4n) is 2.90. The third kappa shape index (κ3) is 5.77. The number of hydrogen-bond acceptors (Lipinski definition) is 3. The summed E-state index contributed by atoms with van der Waals surface area (Å²) in [6.07, 6.45) is 8.08. The van der Waals surface area contributed by atoms with Crippen LogP contribution in [0.2, 0.25) is 0 Å². The van der Waals surface area contributed by atoms with Crippen molar-refractivity contribution in [2.75, 3.05) is 0 Å². The summed E-state index contributed by atoms with van der Waals surface area (Å²) in [7, 11) is -3.59. The standard InChI is InChI=1S/C16H24N2O3S/c17-22(20,21)12-13-7-6-8-14(11-13)16(19)18-15-9-4-2-1-3-5-10-15/h6-8,11,15H,1-5,9-10,12H2,(H,18,19)(H2,17,20,21). The van der Waals surface area contributed by atoms with Gasteiger partial charge in [0.15, 0.2) is 0 Å². The molecular formula is C16H24N2O3S. The van der Waals surface area contributed by atoms with Gasteiger partial charge in [0.1, 0.15) is 0 Å². The molecule has 0 unspecified atom stereocenters. The molecule has 5 nitrogen and oxygen atoms in total. The summed E-state index contributed by atoms with van der Waals surface area (Å²) in [5.41, 5.74) is 1.02. The lowest BCUT2D eigenvalue weighted by Gasteiger charge is -2.21. The zero-order valence-corrected chi connectivity index (χ0v) is 13.6. The van der Waals surface area contributed by atoms with E-state index in [0.29, 0.717) is 11.1 Å². The lowest BCUT2D eigenvalue weighted by Crippen LogP contribution is -2.35. The van der Waals surface area contributed by atoms with Crippen LogP contribution >= 0.6 is 0 Å². The third-order valence-electron chi connectivity index (χ3n) is 4.00. The van der Waals surface area contributed by atoms with Crippen LogP contribution in [0.5, 0.6) is 0 Å². The lowest BCUT2D eigenvalue weighted by molar-refractivity contribution is 0.0930. The Labute approximate surface area is 132 Å². The van der Waals surface area contributed by atoms with Crippen molar-refractivity contribution in [3.8, 4) is 0 Å². The first-order valence-electron chi connectivity index (χ1n) is 7.84. The number of benzene rings is 1. The first-order valence-corrected chi connectivity index (χ1v) is 9.56. The molecule has 3 N–H and O–H groups in total. The first kappa shape index (κ1) is 17.0. The second kappa shape index (κ2) is 7.74. The molecule has 1 aromatic rings. The van der Waals surface area contributed by atoms with Gasteiger partial charge in [-0.15, -0.1) is 0 Å². The van der Waals surface area contributed by atoms with Crippen LogP contribution in [-0.2, 0) is 15.8 Å². The monoisotopic (exact) mass is 324 g/mol. The summed E-state index contributed by atoms with van der Waals surface area (Å²) >= 11 is 0. The van der Waals surface area contributed by atoms with Gasteiger partial charge in [-0.3, -0.25) is 4.79 Å². The number of carbonyl (C=O) groups is 1. The van der Waals surface area contributed by atoms with Crippen molar-refractivity contribution in [3.63, 3.8) is 0 Å². The summed E-state index contributed by atoms with van der Waals surface area (Å²) < 4.78 is 22.3. The van der Waals surface area contributed by atoms with Crippen molar-refractivity contribution in [3.05, 3.63) is 35.4 Å². The Morgan fingerprint density at radius 2 is 1.77 bits per heavy atom. The van der Waals surface area contributed by atoms with E-state index in [1.54, 1.807) is 24.3 Å². The van der Waals surface area contributed by atoms with Gasteiger partial charge in [-0.25, -0.2) is 13.6 Å². The van der Waals surface area contributed by atoms with Gasteiger partial charge in [0.2, 0.25) is 10.0 Å². The van der Waals surface area contributed by atoms with E-state index in [-0.39, 0.29) is 17.7 Å². The van der Waals surface area contributed by atoms with Gasteiger partial charge in [-0.05, 0) is 30.5 Å². The van der Waals surface area contributed by atoms with Crippen molar-refractivity contribution in [1.29, 1.82) is 0 Å². The highest BCUT2D eigenvalue weighted by atomic mass is 32.2. The van der Waals surface area contributed by atoms with E-state index >= 15 is 0 Å². The van der Waals surface area contributed by atoms with E-state index in [9.17, 15) is 13.2 Å². The van der Waals surface area contributed by atoms with E-state index in [1.165, 1.54) is 19.3 Å². The molecule has 1 amide bonds. The molecule has 22 heavy (non-hydrogen) atoms. The molecule has 6 heteroatoms. The molecule has 0 aromatic heterocycles. The molecule has 1 aliphatic carbocycles. The molecule has 2 rings (SSSR count). The topological polar surface area (TPSA) is 89.3 Å². The highest BCUT2D eigenvalue weighted by Gasteiger charge is 2.16. The minimum atomic E-state index is -3.59. The number of hydrogen-bond donors (Lipinski definition) is 2. The summed E-state index contributed by atoms with van der Waals surface area (Å²) in [6, 6.07) is 6.87. The second-order valence-corrected chi connectivity index (χ2v) is 7.64. The van der Waals surface area contributed by atoms with Crippen LogP contribution in [0.3, 0.4) is 0 Å². The molecule has 122 valence electrons. The van der Waals surface area contributed by atoms with Crippen molar-refractivity contribution >= 4 is 15.9 Å². The third-order valence-corrected chi connectivity index (χ3v) is 4.73. The normalized spacial score (nSPS) is 17.5. The maximum atomic E-state index is 12.3. The highest BCUT2D eigenvalue weighted by Crippen LogP contribution is 2.17.